The number of rotatable bonds is 5. The molecule has 0 radical (unpaired) electrons. The Morgan fingerprint density at radius 2 is 2.14 bits per heavy atom. The Morgan fingerprint density at radius 3 is 2.43 bits per heavy atom. The molecule has 3 heteroatoms. The molecule has 0 aromatic rings. The molecule has 0 saturated heterocycles. The van der Waals surface area contributed by atoms with E-state index in [1.54, 1.807) is 0 Å². The van der Waals surface area contributed by atoms with Crippen LogP contribution in [0.2, 0.25) is 0 Å². The van der Waals surface area contributed by atoms with Gasteiger partial charge >= 0.3 is 0 Å². The van der Waals surface area contributed by atoms with Crippen LogP contribution in [0.15, 0.2) is 0 Å². The van der Waals surface area contributed by atoms with Crippen LogP contribution in [0.3, 0.4) is 0 Å². The Labute approximate surface area is 86.4 Å². The van der Waals surface area contributed by atoms with Gasteiger partial charge in [-0.05, 0) is 44.4 Å². The van der Waals surface area contributed by atoms with Crippen LogP contribution in [0.1, 0.15) is 44.9 Å². The van der Waals surface area contributed by atoms with Crippen LogP contribution in [-0.4, -0.2) is 18.8 Å². The van der Waals surface area contributed by atoms with Crippen LogP contribution < -0.4 is 11.3 Å². The number of methoxy groups -OCH3 is 1. The Morgan fingerprint density at radius 1 is 1.43 bits per heavy atom. The fourth-order valence-corrected chi connectivity index (χ4v) is 2.67. The maximum absolute atomic E-state index is 5.63. The van der Waals surface area contributed by atoms with Gasteiger partial charge < -0.3 is 4.74 Å². The standard InChI is InChI=1S/C11H22N2O/c1-14-11(6-3-7-11)8-10(13-12)9-4-2-5-9/h9-10,13H,2-8,12H2,1H3. The van der Waals surface area contributed by atoms with Gasteiger partial charge in [-0.25, -0.2) is 0 Å². The molecule has 2 aliphatic carbocycles. The molecule has 0 spiro atoms. The van der Waals surface area contributed by atoms with Gasteiger partial charge in [0, 0.05) is 13.2 Å². The van der Waals surface area contributed by atoms with Crippen molar-refractivity contribution in [2.45, 2.75) is 56.6 Å². The topological polar surface area (TPSA) is 47.3 Å². The molecule has 2 rings (SSSR count). The van der Waals surface area contributed by atoms with Crippen molar-refractivity contribution in [2.24, 2.45) is 11.8 Å². The van der Waals surface area contributed by atoms with Gasteiger partial charge in [-0.1, -0.05) is 6.42 Å². The highest BCUT2D eigenvalue weighted by molar-refractivity contribution is 4.95. The summed E-state index contributed by atoms with van der Waals surface area (Å²) in [6.45, 7) is 0. The fourth-order valence-electron chi connectivity index (χ4n) is 2.67. The summed E-state index contributed by atoms with van der Waals surface area (Å²) in [4.78, 5) is 0. The molecule has 2 aliphatic rings. The lowest BCUT2D eigenvalue weighted by Gasteiger charge is -2.45. The van der Waals surface area contributed by atoms with Crippen LogP contribution in [-0.2, 0) is 4.74 Å². The van der Waals surface area contributed by atoms with E-state index in [9.17, 15) is 0 Å². The maximum atomic E-state index is 5.63. The van der Waals surface area contributed by atoms with Crippen LogP contribution in [0.5, 0.6) is 0 Å². The molecule has 2 saturated carbocycles. The summed E-state index contributed by atoms with van der Waals surface area (Å²) < 4.78 is 5.63. The van der Waals surface area contributed by atoms with Gasteiger partial charge in [0.2, 0.25) is 0 Å². The van der Waals surface area contributed by atoms with Gasteiger partial charge in [-0.3, -0.25) is 11.3 Å². The predicted molar refractivity (Wildman–Crippen MR) is 56.7 cm³/mol. The first-order chi connectivity index (χ1) is 6.79. The summed E-state index contributed by atoms with van der Waals surface area (Å²) in [6, 6.07) is 0.476. The van der Waals surface area contributed by atoms with Crippen molar-refractivity contribution in [1.29, 1.82) is 0 Å². The van der Waals surface area contributed by atoms with Crippen LogP contribution in [0, 0.1) is 5.92 Å². The molecule has 14 heavy (non-hydrogen) atoms. The zero-order valence-electron chi connectivity index (χ0n) is 9.09. The quantitative estimate of drug-likeness (QED) is 0.521. The maximum Gasteiger partial charge on any atom is 0.0694 e. The first-order valence-corrected chi connectivity index (χ1v) is 5.81. The second kappa shape index (κ2) is 4.17. The Kier molecular flexibility index (Phi) is 3.10. The van der Waals surface area contributed by atoms with Crippen molar-refractivity contribution in [1.82, 2.24) is 5.43 Å². The SMILES string of the molecule is COC1(CC(NN)C2CCC2)CCC1. The molecule has 3 N–H and O–H groups in total. The van der Waals surface area contributed by atoms with Gasteiger partial charge in [0.05, 0.1) is 5.60 Å². The minimum absolute atomic E-state index is 0.159. The van der Waals surface area contributed by atoms with E-state index in [2.05, 4.69) is 5.43 Å². The van der Waals surface area contributed by atoms with Crippen LogP contribution in [0.4, 0.5) is 0 Å². The number of nitrogens with two attached hydrogens (primary N) is 1. The van der Waals surface area contributed by atoms with Crippen molar-refractivity contribution in [3.63, 3.8) is 0 Å². The summed E-state index contributed by atoms with van der Waals surface area (Å²) in [5, 5.41) is 0. The van der Waals surface area contributed by atoms with E-state index >= 15 is 0 Å². The van der Waals surface area contributed by atoms with Gasteiger partial charge in [0.1, 0.15) is 0 Å². The van der Waals surface area contributed by atoms with Crippen LogP contribution in [0.25, 0.3) is 0 Å². The number of hydrazine groups is 1. The first-order valence-electron chi connectivity index (χ1n) is 5.81. The average molecular weight is 198 g/mol. The van der Waals surface area contributed by atoms with E-state index in [1.807, 2.05) is 7.11 Å². The summed E-state index contributed by atoms with van der Waals surface area (Å²) >= 11 is 0. The van der Waals surface area contributed by atoms with E-state index in [4.69, 9.17) is 10.6 Å². The molecule has 0 bridgehead atoms. The molecule has 0 aliphatic heterocycles. The fraction of sp³-hybridized carbons (Fsp3) is 1.00. The molecular weight excluding hydrogens is 176 g/mol. The lowest BCUT2D eigenvalue weighted by atomic mass is 9.70. The number of nitrogens with one attached hydrogen (secondary N) is 1. The highest BCUT2D eigenvalue weighted by Crippen LogP contribution is 2.42. The zero-order chi connectivity index (χ0) is 10.0. The molecule has 82 valence electrons. The smallest absolute Gasteiger partial charge is 0.0694 e. The van der Waals surface area contributed by atoms with Crippen molar-refractivity contribution >= 4 is 0 Å². The summed E-state index contributed by atoms with van der Waals surface area (Å²) in [6.07, 6.45) is 8.91. The Balaban J connectivity index is 1.86. The molecule has 0 aromatic carbocycles. The normalized spacial score (nSPS) is 27.9. The third-order valence-electron chi connectivity index (χ3n) is 4.22. The molecule has 0 amide bonds. The predicted octanol–water partition coefficient (Wildman–Crippen LogP) is 1.58. The van der Waals surface area contributed by atoms with Gasteiger partial charge in [0.15, 0.2) is 0 Å². The highest BCUT2D eigenvalue weighted by atomic mass is 16.5. The largest absolute Gasteiger partial charge is 0.378 e. The number of hydrogen-bond acceptors (Lipinski definition) is 3. The third-order valence-corrected chi connectivity index (χ3v) is 4.22. The monoisotopic (exact) mass is 198 g/mol. The molecule has 1 unspecified atom stereocenters. The molecular formula is C11H22N2O. The Bertz CT molecular complexity index is 182. The molecule has 0 aromatic heterocycles. The van der Waals surface area contributed by atoms with E-state index in [1.165, 1.54) is 38.5 Å². The van der Waals surface area contributed by atoms with Gasteiger partial charge in [-0.15, -0.1) is 0 Å². The van der Waals surface area contributed by atoms with E-state index in [-0.39, 0.29) is 5.60 Å². The molecule has 0 heterocycles. The summed E-state index contributed by atoms with van der Waals surface area (Å²) in [5.41, 5.74) is 3.14. The molecule has 1 atom stereocenters. The Hall–Kier alpha value is -0.120. The first kappa shape index (κ1) is 10.4. The molecule has 2 fully saturated rings. The van der Waals surface area contributed by atoms with E-state index in [0.29, 0.717) is 6.04 Å². The van der Waals surface area contributed by atoms with Gasteiger partial charge in [0.25, 0.3) is 0 Å². The minimum Gasteiger partial charge on any atom is -0.378 e. The van der Waals surface area contributed by atoms with Crippen molar-refractivity contribution < 1.29 is 4.74 Å². The zero-order valence-corrected chi connectivity index (χ0v) is 9.09. The molecule has 3 nitrogen and oxygen atoms in total. The van der Waals surface area contributed by atoms with Gasteiger partial charge in [-0.2, -0.15) is 0 Å². The van der Waals surface area contributed by atoms with E-state index < -0.39 is 0 Å². The second-order valence-corrected chi connectivity index (χ2v) is 4.91. The number of hydrogen-bond donors (Lipinski definition) is 2. The summed E-state index contributed by atoms with van der Waals surface area (Å²) in [7, 11) is 1.84. The van der Waals surface area contributed by atoms with Crippen molar-refractivity contribution in [3.05, 3.63) is 0 Å². The third kappa shape index (κ3) is 1.81. The van der Waals surface area contributed by atoms with Crippen molar-refractivity contribution in [3.8, 4) is 0 Å². The highest BCUT2D eigenvalue weighted by Gasteiger charge is 2.41. The average Bonchev–Trinajstić information content (AvgIpc) is 2.06. The van der Waals surface area contributed by atoms with Crippen LogP contribution >= 0.6 is 0 Å². The van der Waals surface area contributed by atoms with E-state index in [0.717, 1.165) is 12.3 Å². The minimum atomic E-state index is 0.159. The van der Waals surface area contributed by atoms with Crippen molar-refractivity contribution in [2.75, 3.05) is 7.11 Å². The lowest BCUT2D eigenvalue weighted by molar-refractivity contribution is -0.0893. The lowest BCUT2D eigenvalue weighted by Crippen LogP contribution is -2.51. The second-order valence-electron chi connectivity index (χ2n) is 4.91. The number of ether oxygens (including phenoxy) is 1. The summed E-state index contributed by atoms with van der Waals surface area (Å²) in [5.74, 6) is 6.42.